The Morgan fingerprint density at radius 1 is 1.30 bits per heavy atom. The maximum Gasteiger partial charge on any atom is 0.214 e. The SMILES string of the molecule is CC1SCCN(c2nn3cc(C(C)(C)C)nc3s2)C1C. The first-order valence-electron chi connectivity index (χ1n) is 7.11. The van der Waals surface area contributed by atoms with Gasteiger partial charge in [0, 0.05) is 29.0 Å². The van der Waals surface area contributed by atoms with E-state index in [2.05, 4.69) is 57.5 Å². The minimum absolute atomic E-state index is 0.0805. The van der Waals surface area contributed by atoms with Gasteiger partial charge in [-0.15, -0.1) is 5.10 Å². The van der Waals surface area contributed by atoms with Crippen LogP contribution in [0.3, 0.4) is 0 Å². The summed E-state index contributed by atoms with van der Waals surface area (Å²) in [5.74, 6) is 1.18. The summed E-state index contributed by atoms with van der Waals surface area (Å²) < 4.78 is 1.94. The van der Waals surface area contributed by atoms with Gasteiger partial charge in [-0.1, -0.05) is 39.0 Å². The summed E-state index contributed by atoms with van der Waals surface area (Å²) in [4.78, 5) is 8.16. The second-order valence-electron chi connectivity index (χ2n) is 6.50. The van der Waals surface area contributed by atoms with E-state index in [1.54, 1.807) is 11.3 Å². The Morgan fingerprint density at radius 2 is 2.05 bits per heavy atom. The van der Waals surface area contributed by atoms with Crippen molar-refractivity contribution in [3.63, 3.8) is 0 Å². The lowest BCUT2D eigenvalue weighted by Crippen LogP contribution is -2.44. The molecule has 0 spiro atoms. The highest BCUT2D eigenvalue weighted by atomic mass is 32.2. The molecule has 4 nitrogen and oxygen atoms in total. The van der Waals surface area contributed by atoms with Crippen LogP contribution in [0.25, 0.3) is 4.96 Å². The lowest BCUT2D eigenvalue weighted by atomic mass is 9.93. The number of hydrogen-bond donors (Lipinski definition) is 0. The van der Waals surface area contributed by atoms with E-state index < -0.39 is 0 Å². The number of aromatic nitrogens is 3. The third-order valence-electron chi connectivity index (χ3n) is 3.93. The number of fused-ring (bicyclic) bond motifs is 1. The molecule has 2 atom stereocenters. The van der Waals surface area contributed by atoms with Crippen LogP contribution in [0.15, 0.2) is 6.20 Å². The molecule has 2 unspecified atom stereocenters. The van der Waals surface area contributed by atoms with Gasteiger partial charge in [-0.25, -0.2) is 9.50 Å². The van der Waals surface area contributed by atoms with Crippen molar-refractivity contribution in [3.05, 3.63) is 11.9 Å². The van der Waals surface area contributed by atoms with Gasteiger partial charge in [0.05, 0.1) is 11.9 Å². The van der Waals surface area contributed by atoms with E-state index in [9.17, 15) is 0 Å². The Hall–Kier alpha value is -0.750. The molecule has 0 amide bonds. The number of imidazole rings is 1. The van der Waals surface area contributed by atoms with Crippen molar-refractivity contribution < 1.29 is 0 Å². The minimum Gasteiger partial charge on any atom is -0.342 e. The average Bonchev–Trinajstić information content (AvgIpc) is 2.89. The summed E-state index contributed by atoms with van der Waals surface area (Å²) in [6.45, 7) is 12.2. The van der Waals surface area contributed by atoms with Crippen molar-refractivity contribution in [2.45, 2.75) is 51.3 Å². The highest BCUT2D eigenvalue weighted by Gasteiger charge is 2.28. The molecular formula is C14H22N4S2. The van der Waals surface area contributed by atoms with Crippen LogP contribution in [0, 0.1) is 0 Å². The van der Waals surface area contributed by atoms with Crippen LogP contribution in [0.5, 0.6) is 0 Å². The number of anilines is 1. The summed E-state index contributed by atoms with van der Waals surface area (Å²) in [7, 11) is 0. The molecule has 0 saturated carbocycles. The maximum atomic E-state index is 4.74. The number of thioether (sulfide) groups is 1. The fourth-order valence-electron chi connectivity index (χ4n) is 2.37. The van der Waals surface area contributed by atoms with Crippen LogP contribution < -0.4 is 4.90 Å². The molecule has 2 aromatic heterocycles. The molecule has 0 aliphatic carbocycles. The standard InChI is InChI=1S/C14H22N4S2/c1-9-10(2)19-7-6-17(9)13-16-18-8-11(14(3,4)5)15-12(18)20-13/h8-10H,6-7H2,1-5H3. The molecule has 0 bridgehead atoms. The first-order chi connectivity index (χ1) is 9.36. The van der Waals surface area contributed by atoms with Crippen LogP contribution in [-0.4, -0.2) is 38.2 Å². The summed E-state index contributed by atoms with van der Waals surface area (Å²) >= 11 is 3.76. The molecule has 0 radical (unpaired) electrons. The smallest absolute Gasteiger partial charge is 0.214 e. The number of rotatable bonds is 1. The van der Waals surface area contributed by atoms with Gasteiger partial charge in [0.25, 0.3) is 0 Å². The van der Waals surface area contributed by atoms with E-state index in [-0.39, 0.29) is 5.41 Å². The van der Waals surface area contributed by atoms with Crippen LogP contribution in [-0.2, 0) is 5.41 Å². The van der Waals surface area contributed by atoms with Crippen molar-refractivity contribution >= 4 is 33.2 Å². The van der Waals surface area contributed by atoms with Crippen LogP contribution in [0.2, 0.25) is 0 Å². The van der Waals surface area contributed by atoms with Crippen LogP contribution >= 0.6 is 23.1 Å². The minimum atomic E-state index is 0.0805. The molecule has 1 aliphatic rings. The van der Waals surface area contributed by atoms with Gasteiger partial charge in [0.15, 0.2) is 0 Å². The lowest BCUT2D eigenvalue weighted by molar-refractivity contribution is 0.572. The fourth-order valence-corrected chi connectivity index (χ4v) is 4.47. The molecule has 3 rings (SSSR count). The molecule has 2 aromatic rings. The molecule has 1 aliphatic heterocycles. The molecule has 110 valence electrons. The molecule has 0 aromatic carbocycles. The van der Waals surface area contributed by atoms with Crippen molar-refractivity contribution in [1.29, 1.82) is 0 Å². The first kappa shape index (κ1) is 14.2. The van der Waals surface area contributed by atoms with Crippen LogP contribution in [0.4, 0.5) is 5.13 Å². The van der Waals surface area contributed by atoms with Crippen LogP contribution in [0.1, 0.15) is 40.3 Å². The van der Waals surface area contributed by atoms with Gasteiger partial charge in [-0.2, -0.15) is 11.8 Å². The lowest BCUT2D eigenvalue weighted by Gasteiger charge is -2.36. The monoisotopic (exact) mass is 310 g/mol. The Kier molecular flexibility index (Phi) is 3.49. The normalized spacial score (nSPS) is 24.6. The third-order valence-corrected chi connectivity index (χ3v) is 6.23. The Bertz CT molecular complexity index is 579. The predicted molar refractivity (Wildman–Crippen MR) is 88.3 cm³/mol. The number of nitrogens with zero attached hydrogens (tertiary/aromatic N) is 4. The summed E-state index contributed by atoms with van der Waals surface area (Å²) in [5, 5.41) is 6.51. The van der Waals surface area contributed by atoms with Gasteiger partial charge in [-0.05, 0) is 6.92 Å². The summed E-state index contributed by atoms with van der Waals surface area (Å²) in [5.41, 5.74) is 1.19. The van der Waals surface area contributed by atoms with Gasteiger partial charge in [0.2, 0.25) is 10.1 Å². The Balaban J connectivity index is 1.92. The first-order valence-corrected chi connectivity index (χ1v) is 8.98. The summed E-state index contributed by atoms with van der Waals surface area (Å²) in [6, 6.07) is 0.534. The molecule has 20 heavy (non-hydrogen) atoms. The second-order valence-corrected chi connectivity index (χ2v) is 8.92. The van der Waals surface area contributed by atoms with E-state index >= 15 is 0 Å². The third kappa shape index (κ3) is 2.44. The quantitative estimate of drug-likeness (QED) is 0.808. The molecule has 3 heterocycles. The molecule has 1 fully saturated rings. The van der Waals surface area contributed by atoms with E-state index in [1.165, 1.54) is 5.75 Å². The highest BCUT2D eigenvalue weighted by molar-refractivity contribution is 8.00. The zero-order chi connectivity index (χ0) is 14.5. The Labute approximate surface area is 128 Å². The molecule has 0 N–H and O–H groups in total. The van der Waals surface area contributed by atoms with E-state index in [0.717, 1.165) is 22.3 Å². The van der Waals surface area contributed by atoms with Crippen molar-refractivity contribution in [2.24, 2.45) is 0 Å². The van der Waals surface area contributed by atoms with Gasteiger partial charge in [-0.3, -0.25) is 0 Å². The van der Waals surface area contributed by atoms with Gasteiger partial charge < -0.3 is 4.90 Å². The number of hydrogen-bond acceptors (Lipinski definition) is 5. The van der Waals surface area contributed by atoms with Crippen molar-refractivity contribution in [3.8, 4) is 0 Å². The molecule has 6 heteroatoms. The fraction of sp³-hybridized carbons (Fsp3) is 0.714. The predicted octanol–water partition coefficient (Wildman–Crippen LogP) is 3.42. The maximum absolute atomic E-state index is 4.74. The van der Waals surface area contributed by atoms with Gasteiger partial charge in [0.1, 0.15) is 0 Å². The Morgan fingerprint density at radius 3 is 2.70 bits per heavy atom. The van der Waals surface area contributed by atoms with E-state index in [0.29, 0.717) is 11.3 Å². The van der Waals surface area contributed by atoms with E-state index in [4.69, 9.17) is 10.1 Å². The van der Waals surface area contributed by atoms with Crippen molar-refractivity contribution in [2.75, 3.05) is 17.2 Å². The molecular weight excluding hydrogens is 288 g/mol. The summed E-state index contributed by atoms with van der Waals surface area (Å²) in [6.07, 6.45) is 2.07. The van der Waals surface area contributed by atoms with Gasteiger partial charge >= 0.3 is 0 Å². The average molecular weight is 310 g/mol. The zero-order valence-corrected chi connectivity index (χ0v) is 14.4. The zero-order valence-electron chi connectivity index (χ0n) is 12.8. The van der Waals surface area contributed by atoms with Crippen molar-refractivity contribution in [1.82, 2.24) is 14.6 Å². The molecule has 1 saturated heterocycles. The second kappa shape index (κ2) is 4.91. The van der Waals surface area contributed by atoms with E-state index in [1.807, 2.05) is 4.52 Å². The topological polar surface area (TPSA) is 33.4 Å². The largest absolute Gasteiger partial charge is 0.342 e. The highest BCUT2D eigenvalue weighted by Crippen LogP contribution is 2.32.